The fourth-order valence-corrected chi connectivity index (χ4v) is 2.45. The van der Waals surface area contributed by atoms with Gasteiger partial charge in [0, 0.05) is 15.8 Å². The van der Waals surface area contributed by atoms with Crippen LogP contribution in [0.3, 0.4) is 0 Å². The smallest absolute Gasteiger partial charge is 0.331 e. The van der Waals surface area contributed by atoms with Crippen molar-refractivity contribution in [1.82, 2.24) is 0 Å². The van der Waals surface area contributed by atoms with Crippen LogP contribution in [0.1, 0.15) is 27.7 Å². The van der Waals surface area contributed by atoms with Gasteiger partial charge in [0.2, 0.25) is 0 Å². The van der Waals surface area contributed by atoms with Gasteiger partial charge in [0.25, 0.3) is 0 Å². The zero-order chi connectivity index (χ0) is 16.8. The standard InChI is InChI=1S/C18H19BClO3/c1-17(2,21)18(3,4)23-19-13-6-5-7-15-16(13)12-10-11(20)8-9-14(12)22-15/h5-10,21H,1-4H3. The third-order valence-electron chi connectivity index (χ3n) is 4.44. The molecule has 0 fully saturated rings. The van der Waals surface area contributed by atoms with E-state index < -0.39 is 11.2 Å². The lowest BCUT2D eigenvalue weighted by atomic mass is 9.80. The minimum absolute atomic E-state index is 0.660. The molecule has 1 N–H and O–H groups in total. The fourth-order valence-electron chi connectivity index (χ4n) is 2.28. The quantitative estimate of drug-likeness (QED) is 0.734. The molecule has 0 spiro atoms. The fraction of sp³-hybridized carbons (Fsp3) is 0.333. The topological polar surface area (TPSA) is 42.6 Å². The Bertz CT molecular complexity index is 862. The molecule has 0 aliphatic carbocycles. The van der Waals surface area contributed by atoms with E-state index >= 15 is 0 Å². The minimum atomic E-state index is -0.973. The van der Waals surface area contributed by atoms with Crippen molar-refractivity contribution < 1.29 is 14.2 Å². The van der Waals surface area contributed by atoms with Crippen molar-refractivity contribution in [3.63, 3.8) is 0 Å². The Balaban J connectivity index is 2.04. The number of aliphatic hydroxyl groups is 1. The molecule has 0 bridgehead atoms. The van der Waals surface area contributed by atoms with Gasteiger partial charge in [0.15, 0.2) is 0 Å². The van der Waals surface area contributed by atoms with Crippen LogP contribution in [0.2, 0.25) is 5.02 Å². The normalized spacial score (nSPS) is 13.0. The molecule has 0 unspecified atom stereocenters. The summed E-state index contributed by atoms with van der Waals surface area (Å²) in [6.07, 6.45) is 0. The van der Waals surface area contributed by atoms with Crippen LogP contribution in [-0.2, 0) is 4.65 Å². The zero-order valence-corrected chi connectivity index (χ0v) is 14.4. The molecular formula is C18H19BClO3. The van der Waals surface area contributed by atoms with E-state index in [-0.39, 0.29) is 0 Å². The first-order chi connectivity index (χ1) is 10.7. The van der Waals surface area contributed by atoms with Crippen LogP contribution in [0, 0.1) is 0 Å². The number of halogens is 1. The number of fused-ring (bicyclic) bond motifs is 3. The third kappa shape index (κ3) is 2.99. The molecule has 1 radical (unpaired) electrons. The van der Waals surface area contributed by atoms with Crippen LogP contribution in [0.4, 0.5) is 0 Å². The number of hydrogen-bond donors (Lipinski definition) is 1. The summed E-state index contributed by atoms with van der Waals surface area (Å²) in [6, 6.07) is 11.4. The van der Waals surface area contributed by atoms with Crippen molar-refractivity contribution in [1.29, 1.82) is 0 Å². The van der Waals surface area contributed by atoms with Crippen molar-refractivity contribution in [2.45, 2.75) is 38.9 Å². The third-order valence-corrected chi connectivity index (χ3v) is 4.68. The molecule has 0 atom stereocenters. The van der Waals surface area contributed by atoms with Crippen LogP contribution in [0.25, 0.3) is 21.9 Å². The highest BCUT2D eigenvalue weighted by atomic mass is 35.5. The van der Waals surface area contributed by atoms with Gasteiger partial charge in [-0.1, -0.05) is 23.7 Å². The van der Waals surface area contributed by atoms with Gasteiger partial charge in [0.1, 0.15) is 11.2 Å². The molecule has 0 aliphatic heterocycles. The van der Waals surface area contributed by atoms with Gasteiger partial charge >= 0.3 is 7.48 Å². The maximum Gasteiger partial charge on any atom is 0.331 e. The second-order valence-electron chi connectivity index (χ2n) is 6.77. The maximum atomic E-state index is 10.2. The SMILES string of the molecule is CC(C)(O)C(C)(C)O[B]c1cccc2oc3ccc(Cl)cc3c12. The molecule has 0 saturated heterocycles. The first kappa shape index (κ1) is 16.4. The van der Waals surface area contributed by atoms with Gasteiger partial charge < -0.3 is 14.2 Å². The minimum Gasteiger partial charge on any atom is -0.456 e. The average Bonchev–Trinajstić information content (AvgIpc) is 2.82. The molecule has 3 aromatic rings. The van der Waals surface area contributed by atoms with Crippen LogP contribution in [0.5, 0.6) is 0 Å². The molecule has 3 nitrogen and oxygen atoms in total. The molecule has 1 aromatic heterocycles. The van der Waals surface area contributed by atoms with Crippen molar-refractivity contribution in [3.8, 4) is 0 Å². The lowest BCUT2D eigenvalue weighted by Gasteiger charge is -2.37. The summed E-state index contributed by atoms with van der Waals surface area (Å²) in [5.74, 6) is 0. The Morgan fingerprint density at radius 3 is 2.52 bits per heavy atom. The summed E-state index contributed by atoms with van der Waals surface area (Å²) in [5.41, 5.74) is 0.749. The van der Waals surface area contributed by atoms with Crippen LogP contribution in [0.15, 0.2) is 40.8 Å². The number of hydrogen-bond acceptors (Lipinski definition) is 3. The summed E-state index contributed by atoms with van der Waals surface area (Å²) in [4.78, 5) is 0. The van der Waals surface area contributed by atoms with E-state index in [1.54, 1.807) is 21.3 Å². The van der Waals surface area contributed by atoms with Crippen molar-refractivity contribution >= 4 is 46.5 Å². The van der Waals surface area contributed by atoms with E-state index in [9.17, 15) is 5.11 Å². The molecule has 1 heterocycles. The van der Waals surface area contributed by atoms with Crippen LogP contribution in [-0.4, -0.2) is 23.8 Å². The Kier molecular flexibility index (Phi) is 3.95. The van der Waals surface area contributed by atoms with Crippen molar-refractivity contribution in [3.05, 3.63) is 41.4 Å². The molecule has 23 heavy (non-hydrogen) atoms. The van der Waals surface area contributed by atoms with E-state index in [1.807, 2.05) is 50.2 Å². The first-order valence-corrected chi connectivity index (χ1v) is 7.91. The van der Waals surface area contributed by atoms with E-state index in [1.165, 1.54) is 0 Å². The van der Waals surface area contributed by atoms with E-state index in [0.29, 0.717) is 5.02 Å². The molecule has 0 aliphatic rings. The summed E-state index contributed by atoms with van der Waals surface area (Å²) in [5, 5.41) is 12.8. The molecular weight excluding hydrogens is 310 g/mol. The first-order valence-electron chi connectivity index (χ1n) is 7.53. The van der Waals surface area contributed by atoms with Gasteiger partial charge in [-0.2, -0.15) is 0 Å². The summed E-state index contributed by atoms with van der Waals surface area (Å²) in [6.45, 7) is 7.17. The Morgan fingerprint density at radius 2 is 1.83 bits per heavy atom. The summed E-state index contributed by atoms with van der Waals surface area (Å²) < 4.78 is 11.8. The zero-order valence-electron chi connectivity index (χ0n) is 13.7. The molecule has 5 heteroatoms. The van der Waals surface area contributed by atoms with E-state index in [2.05, 4.69) is 0 Å². The predicted octanol–water partition coefficient (Wildman–Crippen LogP) is 4.05. The summed E-state index contributed by atoms with van der Waals surface area (Å²) in [7, 11) is 1.68. The molecule has 2 aromatic carbocycles. The highest BCUT2D eigenvalue weighted by Crippen LogP contribution is 2.30. The van der Waals surface area contributed by atoms with Crippen molar-refractivity contribution in [2.24, 2.45) is 0 Å². The summed E-state index contributed by atoms with van der Waals surface area (Å²) >= 11 is 6.12. The van der Waals surface area contributed by atoms with Crippen molar-refractivity contribution in [2.75, 3.05) is 0 Å². The van der Waals surface area contributed by atoms with Gasteiger partial charge in [-0.15, -0.1) is 0 Å². The van der Waals surface area contributed by atoms with Gasteiger partial charge in [-0.3, -0.25) is 0 Å². The highest BCUT2D eigenvalue weighted by Gasteiger charge is 2.35. The number of benzene rings is 2. The molecule has 0 amide bonds. The Hall–Kier alpha value is -1.49. The highest BCUT2D eigenvalue weighted by molar-refractivity contribution is 6.53. The monoisotopic (exact) mass is 329 g/mol. The lowest BCUT2D eigenvalue weighted by molar-refractivity contribution is -0.0893. The van der Waals surface area contributed by atoms with E-state index in [4.69, 9.17) is 20.7 Å². The molecule has 3 rings (SSSR count). The van der Waals surface area contributed by atoms with Gasteiger partial charge in [-0.05, 0) is 57.4 Å². The molecule has 119 valence electrons. The Labute approximate surface area is 141 Å². The second-order valence-corrected chi connectivity index (χ2v) is 7.20. The number of furan rings is 1. The van der Waals surface area contributed by atoms with E-state index in [0.717, 1.165) is 27.4 Å². The predicted molar refractivity (Wildman–Crippen MR) is 95.6 cm³/mol. The Morgan fingerprint density at radius 1 is 1.09 bits per heavy atom. The maximum absolute atomic E-state index is 10.2. The largest absolute Gasteiger partial charge is 0.456 e. The average molecular weight is 330 g/mol. The second kappa shape index (κ2) is 5.55. The van der Waals surface area contributed by atoms with Crippen LogP contribution >= 0.6 is 11.6 Å². The van der Waals surface area contributed by atoms with Gasteiger partial charge in [0.05, 0.1) is 11.2 Å². The number of rotatable bonds is 4. The molecule has 0 saturated carbocycles. The van der Waals surface area contributed by atoms with Gasteiger partial charge in [-0.25, -0.2) is 0 Å². The lowest BCUT2D eigenvalue weighted by Crippen LogP contribution is -2.49. The van der Waals surface area contributed by atoms with Crippen LogP contribution < -0.4 is 5.46 Å².